The van der Waals surface area contributed by atoms with E-state index in [4.69, 9.17) is 5.73 Å². The van der Waals surface area contributed by atoms with Crippen molar-refractivity contribution in [2.24, 2.45) is 11.7 Å². The Bertz CT molecular complexity index is 437. The molecule has 1 aromatic rings. The van der Waals surface area contributed by atoms with Crippen LogP contribution in [-0.2, 0) is 4.79 Å². The summed E-state index contributed by atoms with van der Waals surface area (Å²) in [5.74, 6) is 0.158. The number of nitrogens with two attached hydrogens (primary N) is 1. The molecule has 1 unspecified atom stereocenters. The van der Waals surface area contributed by atoms with Gasteiger partial charge in [0.1, 0.15) is 0 Å². The van der Waals surface area contributed by atoms with Crippen LogP contribution in [-0.4, -0.2) is 42.9 Å². The molecule has 0 radical (unpaired) electrons. The lowest BCUT2D eigenvalue weighted by molar-refractivity contribution is -0.122. The number of carbonyl (C=O) groups is 2. The maximum atomic E-state index is 12.0. The maximum Gasteiger partial charge on any atom is 0.264 e. The van der Waals surface area contributed by atoms with Crippen molar-refractivity contribution in [3.8, 4) is 0 Å². The molecule has 0 aliphatic heterocycles. The number of nitrogens with zero attached hydrogens (tertiary/aromatic N) is 1. The van der Waals surface area contributed by atoms with E-state index in [1.165, 1.54) is 16.2 Å². The lowest BCUT2D eigenvalue weighted by Crippen LogP contribution is -2.46. The summed E-state index contributed by atoms with van der Waals surface area (Å²) in [6.07, 6.45) is 0.838. The predicted octanol–water partition coefficient (Wildman–Crippen LogP) is 1.73. The maximum absolute atomic E-state index is 12.0. The second-order valence-corrected chi connectivity index (χ2v) is 6.22. The topological polar surface area (TPSA) is 75.4 Å². The largest absolute Gasteiger partial charge is 0.351 e. The number of hydrogen-bond acceptors (Lipinski definition) is 4. The summed E-state index contributed by atoms with van der Waals surface area (Å²) >= 11 is 1.37. The van der Waals surface area contributed by atoms with Gasteiger partial charge in [-0.15, -0.1) is 23.7 Å². The van der Waals surface area contributed by atoms with Crippen LogP contribution in [0.25, 0.3) is 0 Å². The molecule has 1 aromatic heterocycles. The van der Waals surface area contributed by atoms with Crippen molar-refractivity contribution >= 4 is 35.6 Å². The fraction of sp³-hybridized carbons (Fsp3) is 0.571. The van der Waals surface area contributed by atoms with Gasteiger partial charge >= 0.3 is 0 Å². The molecule has 0 aliphatic carbocycles. The van der Waals surface area contributed by atoms with Crippen LogP contribution in [0.15, 0.2) is 17.5 Å². The van der Waals surface area contributed by atoms with Crippen LogP contribution in [0.3, 0.4) is 0 Å². The summed E-state index contributed by atoms with van der Waals surface area (Å²) in [4.78, 5) is 26.0. The van der Waals surface area contributed by atoms with Gasteiger partial charge in [0.05, 0.1) is 11.4 Å². The molecule has 3 N–H and O–H groups in total. The summed E-state index contributed by atoms with van der Waals surface area (Å²) < 4.78 is 0. The predicted molar refractivity (Wildman–Crippen MR) is 89.0 cm³/mol. The normalized spacial score (nSPS) is 11.7. The fourth-order valence-corrected chi connectivity index (χ4v) is 2.65. The molecule has 0 aliphatic rings. The number of rotatable bonds is 7. The third-order valence-corrected chi connectivity index (χ3v) is 3.72. The molecule has 1 atom stereocenters. The van der Waals surface area contributed by atoms with E-state index >= 15 is 0 Å². The van der Waals surface area contributed by atoms with Crippen molar-refractivity contribution in [3.63, 3.8) is 0 Å². The number of amides is 2. The molecule has 0 bridgehead atoms. The number of likely N-dealkylation sites (N-methyl/N-ethyl adjacent to an activating group) is 1. The Balaban J connectivity index is 0.00000400. The van der Waals surface area contributed by atoms with E-state index in [1.807, 2.05) is 11.4 Å². The van der Waals surface area contributed by atoms with Gasteiger partial charge < -0.3 is 16.0 Å². The molecule has 0 fully saturated rings. The van der Waals surface area contributed by atoms with Crippen LogP contribution in [0.4, 0.5) is 0 Å². The van der Waals surface area contributed by atoms with Gasteiger partial charge in [0, 0.05) is 19.6 Å². The van der Waals surface area contributed by atoms with E-state index in [0.717, 1.165) is 6.42 Å². The smallest absolute Gasteiger partial charge is 0.264 e. The highest BCUT2D eigenvalue weighted by atomic mass is 35.5. The van der Waals surface area contributed by atoms with Crippen LogP contribution < -0.4 is 11.1 Å². The Morgan fingerprint density at radius 2 is 2.10 bits per heavy atom. The summed E-state index contributed by atoms with van der Waals surface area (Å²) in [6, 6.07) is 3.54. The Kier molecular flexibility index (Phi) is 9.24. The van der Waals surface area contributed by atoms with Gasteiger partial charge in [-0.3, -0.25) is 9.59 Å². The molecule has 0 aromatic carbocycles. The standard InChI is InChI=1S/C14H23N3O2S.ClH/c1-10(2)7-11(8-15)16-13(18)9-17(3)14(19)12-5-4-6-20-12;/h4-6,10-11H,7-9,15H2,1-3H3,(H,16,18);1H. The SMILES string of the molecule is CC(C)CC(CN)NC(=O)CN(C)C(=O)c1cccs1.Cl. The van der Waals surface area contributed by atoms with Gasteiger partial charge in [0.2, 0.25) is 5.91 Å². The van der Waals surface area contributed by atoms with Crippen molar-refractivity contribution in [2.75, 3.05) is 20.1 Å². The quantitative estimate of drug-likeness (QED) is 0.798. The highest BCUT2D eigenvalue weighted by Crippen LogP contribution is 2.11. The first kappa shape index (κ1) is 19.9. The molecule has 0 spiro atoms. The number of nitrogens with one attached hydrogen (secondary N) is 1. The second kappa shape index (κ2) is 9.76. The van der Waals surface area contributed by atoms with Crippen molar-refractivity contribution in [1.82, 2.24) is 10.2 Å². The van der Waals surface area contributed by atoms with E-state index in [-0.39, 0.29) is 36.8 Å². The lowest BCUT2D eigenvalue weighted by atomic mass is 10.0. The first-order chi connectivity index (χ1) is 9.43. The zero-order valence-corrected chi connectivity index (χ0v) is 14.3. The first-order valence-corrected chi connectivity index (χ1v) is 7.60. The van der Waals surface area contributed by atoms with Crippen LogP contribution in [0.5, 0.6) is 0 Å². The van der Waals surface area contributed by atoms with Gasteiger partial charge in [-0.1, -0.05) is 19.9 Å². The average molecular weight is 334 g/mol. The summed E-state index contributed by atoms with van der Waals surface area (Å²) in [5, 5.41) is 4.72. The van der Waals surface area contributed by atoms with Crippen molar-refractivity contribution in [3.05, 3.63) is 22.4 Å². The second-order valence-electron chi connectivity index (χ2n) is 5.27. The highest BCUT2D eigenvalue weighted by molar-refractivity contribution is 7.12. The molecule has 1 heterocycles. The minimum absolute atomic E-state index is 0. The number of carbonyl (C=O) groups excluding carboxylic acids is 2. The Labute approximate surface area is 136 Å². The molecule has 5 nitrogen and oxygen atoms in total. The molecular formula is C14H24ClN3O2S. The Hall–Kier alpha value is -1.11. The summed E-state index contributed by atoms with van der Waals surface area (Å²) in [7, 11) is 1.63. The van der Waals surface area contributed by atoms with Crippen LogP contribution >= 0.6 is 23.7 Å². The summed E-state index contributed by atoms with van der Waals surface area (Å²) in [5.41, 5.74) is 5.64. The van der Waals surface area contributed by atoms with Crippen LogP contribution in [0.2, 0.25) is 0 Å². The molecule has 21 heavy (non-hydrogen) atoms. The zero-order chi connectivity index (χ0) is 15.1. The molecule has 0 saturated carbocycles. The van der Waals surface area contributed by atoms with E-state index in [2.05, 4.69) is 19.2 Å². The molecule has 2 amide bonds. The van der Waals surface area contributed by atoms with Gasteiger partial charge in [-0.25, -0.2) is 0 Å². The van der Waals surface area contributed by atoms with Gasteiger partial charge in [0.15, 0.2) is 0 Å². The Morgan fingerprint density at radius 3 is 2.57 bits per heavy atom. The van der Waals surface area contributed by atoms with Crippen LogP contribution in [0.1, 0.15) is 29.9 Å². The van der Waals surface area contributed by atoms with E-state index < -0.39 is 0 Å². The third-order valence-electron chi connectivity index (χ3n) is 2.86. The molecular weight excluding hydrogens is 310 g/mol. The molecule has 120 valence electrons. The van der Waals surface area contributed by atoms with Crippen molar-refractivity contribution < 1.29 is 9.59 Å². The minimum atomic E-state index is -0.173. The Morgan fingerprint density at radius 1 is 1.43 bits per heavy atom. The number of hydrogen-bond donors (Lipinski definition) is 2. The molecule has 7 heteroatoms. The van der Waals surface area contributed by atoms with Gasteiger partial charge in [-0.05, 0) is 23.8 Å². The number of thiophene rings is 1. The fourth-order valence-electron chi connectivity index (χ4n) is 1.93. The summed E-state index contributed by atoms with van der Waals surface area (Å²) in [6.45, 7) is 4.63. The minimum Gasteiger partial charge on any atom is -0.351 e. The monoisotopic (exact) mass is 333 g/mol. The zero-order valence-electron chi connectivity index (χ0n) is 12.7. The van der Waals surface area contributed by atoms with E-state index in [0.29, 0.717) is 17.3 Å². The van der Waals surface area contributed by atoms with E-state index in [1.54, 1.807) is 13.1 Å². The molecule has 0 saturated heterocycles. The van der Waals surface area contributed by atoms with Crippen molar-refractivity contribution in [2.45, 2.75) is 26.3 Å². The van der Waals surface area contributed by atoms with Gasteiger partial charge in [-0.2, -0.15) is 0 Å². The van der Waals surface area contributed by atoms with E-state index in [9.17, 15) is 9.59 Å². The lowest BCUT2D eigenvalue weighted by Gasteiger charge is -2.21. The van der Waals surface area contributed by atoms with Crippen molar-refractivity contribution in [1.29, 1.82) is 0 Å². The first-order valence-electron chi connectivity index (χ1n) is 6.72. The third kappa shape index (κ3) is 6.93. The molecule has 1 rings (SSSR count). The van der Waals surface area contributed by atoms with Gasteiger partial charge in [0.25, 0.3) is 5.91 Å². The average Bonchev–Trinajstić information content (AvgIpc) is 2.89. The van der Waals surface area contributed by atoms with Crippen LogP contribution in [0, 0.1) is 5.92 Å². The number of halogens is 1. The highest BCUT2D eigenvalue weighted by Gasteiger charge is 2.18.